The van der Waals surface area contributed by atoms with Gasteiger partial charge in [0.05, 0.1) is 6.61 Å². The third-order valence-electron chi connectivity index (χ3n) is 6.45. The molecule has 2 unspecified atom stereocenters. The Morgan fingerprint density at radius 2 is 1.81 bits per heavy atom. The standard InChI is InChI=1S/C22H40N2O3/c1-22(2,3)16-27-21(25)24-11-6-18(7-12-24)20-14-19(20)8-13-26-15-17-4-9-23-10-5-17/h17-20,23H,4-16H2,1-3H3. The molecule has 2 saturated heterocycles. The van der Waals surface area contributed by atoms with E-state index in [1.165, 1.54) is 25.7 Å². The molecular weight excluding hydrogens is 340 g/mol. The van der Waals surface area contributed by atoms with Gasteiger partial charge in [-0.3, -0.25) is 0 Å². The lowest BCUT2D eigenvalue weighted by molar-refractivity contribution is 0.0595. The van der Waals surface area contributed by atoms with Gasteiger partial charge in [-0.1, -0.05) is 20.8 Å². The Morgan fingerprint density at radius 3 is 2.48 bits per heavy atom. The summed E-state index contributed by atoms with van der Waals surface area (Å²) in [5, 5.41) is 3.41. The lowest BCUT2D eigenvalue weighted by Crippen LogP contribution is -2.40. The molecule has 1 N–H and O–H groups in total. The van der Waals surface area contributed by atoms with Crippen molar-refractivity contribution in [3.63, 3.8) is 0 Å². The average Bonchev–Trinajstić information content (AvgIpc) is 3.43. The number of amides is 1. The molecule has 3 aliphatic rings. The van der Waals surface area contributed by atoms with E-state index in [9.17, 15) is 4.79 Å². The van der Waals surface area contributed by atoms with E-state index in [0.29, 0.717) is 6.61 Å². The van der Waals surface area contributed by atoms with E-state index < -0.39 is 0 Å². The van der Waals surface area contributed by atoms with Crippen molar-refractivity contribution in [2.75, 3.05) is 46.0 Å². The van der Waals surface area contributed by atoms with Crippen LogP contribution in [-0.4, -0.2) is 57.0 Å². The van der Waals surface area contributed by atoms with Crippen LogP contribution >= 0.6 is 0 Å². The molecule has 0 aromatic rings. The molecule has 27 heavy (non-hydrogen) atoms. The van der Waals surface area contributed by atoms with Crippen LogP contribution in [0.2, 0.25) is 0 Å². The van der Waals surface area contributed by atoms with E-state index in [4.69, 9.17) is 9.47 Å². The molecule has 0 aromatic heterocycles. The quantitative estimate of drug-likeness (QED) is 0.680. The third-order valence-corrected chi connectivity index (χ3v) is 6.45. The molecule has 3 fully saturated rings. The van der Waals surface area contributed by atoms with Gasteiger partial charge in [-0.05, 0) is 80.7 Å². The molecule has 5 nitrogen and oxygen atoms in total. The molecular formula is C22H40N2O3. The average molecular weight is 381 g/mol. The molecule has 2 heterocycles. The van der Waals surface area contributed by atoms with Crippen LogP contribution in [0.15, 0.2) is 0 Å². The Bertz CT molecular complexity index is 463. The molecule has 1 aliphatic carbocycles. The zero-order valence-corrected chi connectivity index (χ0v) is 17.7. The minimum atomic E-state index is -0.123. The summed E-state index contributed by atoms with van der Waals surface area (Å²) in [6.07, 6.45) is 7.29. The Labute approximate surface area is 165 Å². The zero-order valence-electron chi connectivity index (χ0n) is 17.7. The summed E-state index contributed by atoms with van der Waals surface area (Å²) in [6.45, 7) is 12.7. The molecule has 1 amide bonds. The molecule has 0 radical (unpaired) electrons. The van der Waals surface area contributed by atoms with Crippen molar-refractivity contribution in [3.05, 3.63) is 0 Å². The second-order valence-corrected chi connectivity index (χ2v) is 10.2. The molecule has 5 heteroatoms. The number of nitrogens with one attached hydrogen (secondary N) is 1. The number of nitrogens with zero attached hydrogens (tertiary/aromatic N) is 1. The van der Waals surface area contributed by atoms with Gasteiger partial charge in [-0.15, -0.1) is 0 Å². The van der Waals surface area contributed by atoms with E-state index in [0.717, 1.165) is 75.9 Å². The van der Waals surface area contributed by atoms with E-state index in [1.54, 1.807) is 0 Å². The topological polar surface area (TPSA) is 50.8 Å². The van der Waals surface area contributed by atoms with Crippen LogP contribution in [0.5, 0.6) is 0 Å². The highest BCUT2D eigenvalue weighted by atomic mass is 16.6. The summed E-state index contributed by atoms with van der Waals surface area (Å²) in [5.74, 6) is 3.30. The fourth-order valence-corrected chi connectivity index (χ4v) is 4.59. The SMILES string of the molecule is CC(C)(C)COC(=O)N1CCC(C2CC2CCOCC2CCNCC2)CC1. The fourth-order valence-electron chi connectivity index (χ4n) is 4.59. The Kier molecular flexibility index (Phi) is 7.43. The normalized spacial score (nSPS) is 27.6. The lowest BCUT2D eigenvalue weighted by atomic mass is 9.90. The molecule has 0 spiro atoms. The van der Waals surface area contributed by atoms with Gasteiger partial charge in [0.25, 0.3) is 0 Å². The van der Waals surface area contributed by atoms with Crippen molar-refractivity contribution in [1.29, 1.82) is 0 Å². The second kappa shape index (κ2) is 9.60. The number of carbonyl (C=O) groups excluding carboxylic acids is 1. The van der Waals surface area contributed by atoms with Gasteiger partial charge >= 0.3 is 6.09 Å². The first kappa shape index (κ1) is 20.9. The molecule has 2 aliphatic heterocycles. The summed E-state index contributed by atoms with van der Waals surface area (Å²) in [4.78, 5) is 14.1. The largest absolute Gasteiger partial charge is 0.449 e. The van der Waals surface area contributed by atoms with E-state index in [-0.39, 0.29) is 11.5 Å². The number of hydrogen-bond donors (Lipinski definition) is 1. The van der Waals surface area contributed by atoms with E-state index >= 15 is 0 Å². The number of ether oxygens (including phenoxy) is 2. The van der Waals surface area contributed by atoms with Crippen LogP contribution in [0.1, 0.15) is 59.3 Å². The lowest BCUT2D eigenvalue weighted by Gasteiger charge is -2.32. The highest BCUT2D eigenvalue weighted by Crippen LogP contribution is 2.49. The molecule has 2 atom stereocenters. The van der Waals surface area contributed by atoms with Crippen molar-refractivity contribution in [2.45, 2.75) is 59.3 Å². The Hall–Kier alpha value is -0.810. The highest BCUT2D eigenvalue weighted by Gasteiger charge is 2.43. The zero-order chi connectivity index (χ0) is 19.3. The molecule has 0 bridgehead atoms. The van der Waals surface area contributed by atoms with Crippen LogP contribution in [0.3, 0.4) is 0 Å². The minimum absolute atomic E-state index is 0.0329. The highest BCUT2D eigenvalue weighted by molar-refractivity contribution is 5.67. The van der Waals surface area contributed by atoms with Crippen molar-refractivity contribution >= 4 is 6.09 Å². The van der Waals surface area contributed by atoms with Crippen molar-refractivity contribution in [1.82, 2.24) is 10.2 Å². The molecule has 0 aromatic carbocycles. The number of piperidine rings is 2. The Balaban J connectivity index is 1.25. The summed E-state index contributed by atoms with van der Waals surface area (Å²) >= 11 is 0. The first-order valence-electron chi connectivity index (χ1n) is 11.1. The Morgan fingerprint density at radius 1 is 1.11 bits per heavy atom. The van der Waals surface area contributed by atoms with Gasteiger partial charge in [0.15, 0.2) is 0 Å². The number of rotatable bonds is 7. The second-order valence-electron chi connectivity index (χ2n) is 10.2. The maximum atomic E-state index is 12.2. The van der Waals surface area contributed by atoms with Gasteiger partial charge in [-0.25, -0.2) is 4.79 Å². The van der Waals surface area contributed by atoms with Gasteiger partial charge < -0.3 is 19.7 Å². The van der Waals surface area contributed by atoms with Crippen molar-refractivity contribution in [3.8, 4) is 0 Å². The predicted octanol–water partition coefficient (Wildman–Crippen LogP) is 3.92. The third kappa shape index (κ3) is 6.94. The van der Waals surface area contributed by atoms with Gasteiger partial charge in [0.1, 0.15) is 0 Å². The number of likely N-dealkylation sites (tertiary alicyclic amines) is 1. The van der Waals surface area contributed by atoms with Crippen molar-refractivity contribution < 1.29 is 14.3 Å². The first-order valence-corrected chi connectivity index (χ1v) is 11.1. The van der Waals surface area contributed by atoms with Gasteiger partial charge in [0.2, 0.25) is 0 Å². The van der Waals surface area contributed by atoms with E-state index in [1.807, 2.05) is 4.90 Å². The van der Waals surface area contributed by atoms with Gasteiger partial charge in [-0.2, -0.15) is 0 Å². The van der Waals surface area contributed by atoms with Crippen LogP contribution < -0.4 is 5.32 Å². The van der Waals surface area contributed by atoms with Crippen molar-refractivity contribution in [2.24, 2.45) is 29.1 Å². The fraction of sp³-hybridized carbons (Fsp3) is 0.955. The molecule has 3 rings (SSSR count). The predicted molar refractivity (Wildman–Crippen MR) is 108 cm³/mol. The van der Waals surface area contributed by atoms with Crippen LogP contribution in [0, 0.1) is 29.1 Å². The molecule has 1 saturated carbocycles. The maximum Gasteiger partial charge on any atom is 0.409 e. The van der Waals surface area contributed by atoms with Crippen LogP contribution in [0.25, 0.3) is 0 Å². The number of carbonyl (C=O) groups is 1. The first-order chi connectivity index (χ1) is 12.9. The van der Waals surface area contributed by atoms with Gasteiger partial charge in [0, 0.05) is 26.3 Å². The summed E-state index contributed by atoms with van der Waals surface area (Å²) in [5.41, 5.74) is 0.0329. The van der Waals surface area contributed by atoms with Crippen LogP contribution in [0.4, 0.5) is 4.79 Å². The summed E-state index contributed by atoms with van der Waals surface area (Å²) in [7, 11) is 0. The smallest absolute Gasteiger partial charge is 0.409 e. The van der Waals surface area contributed by atoms with E-state index in [2.05, 4.69) is 26.1 Å². The number of hydrogen-bond acceptors (Lipinski definition) is 4. The molecule has 156 valence electrons. The van der Waals surface area contributed by atoms with Crippen LogP contribution in [-0.2, 0) is 9.47 Å². The minimum Gasteiger partial charge on any atom is -0.449 e. The monoisotopic (exact) mass is 380 g/mol. The summed E-state index contributed by atoms with van der Waals surface area (Å²) < 4.78 is 11.4. The maximum absolute atomic E-state index is 12.2. The summed E-state index contributed by atoms with van der Waals surface area (Å²) in [6, 6.07) is 0.